The molecule has 5 nitrogen and oxygen atoms in total. The van der Waals surface area contributed by atoms with Crippen molar-refractivity contribution in [1.29, 1.82) is 0 Å². The van der Waals surface area contributed by atoms with Crippen LogP contribution in [0.3, 0.4) is 0 Å². The van der Waals surface area contributed by atoms with Crippen molar-refractivity contribution in [3.8, 4) is 5.75 Å². The van der Waals surface area contributed by atoms with Gasteiger partial charge in [0.05, 0.1) is 33.6 Å². The molecular formula is C26H27Cl3INO4. The second-order valence-electron chi connectivity index (χ2n) is 7.11. The Morgan fingerprint density at radius 3 is 2.43 bits per heavy atom. The monoisotopic (exact) mass is 649 g/mol. The zero-order chi connectivity index (χ0) is 25.6. The van der Waals surface area contributed by atoms with E-state index in [2.05, 4.69) is 27.9 Å². The second-order valence-corrected chi connectivity index (χ2v) is 9.52. The number of esters is 1. The Bertz CT molecular complexity index is 1080. The van der Waals surface area contributed by atoms with Gasteiger partial charge in [0.25, 0.3) is 0 Å². The molecule has 35 heavy (non-hydrogen) atoms. The average molecular weight is 651 g/mol. The van der Waals surface area contributed by atoms with E-state index >= 15 is 0 Å². The molecule has 0 heterocycles. The van der Waals surface area contributed by atoms with E-state index in [0.717, 1.165) is 17.7 Å². The van der Waals surface area contributed by atoms with Crippen LogP contribution in [0.2, 0.25) is 10.0 Å². The van der Waals surface area contributed by atoms with Gasteiger partial charge in [-0.25, -0.2) is 4.79 Å². The van der Waals surface area contributed by atoms with Crippen molar-refractivity contribution in [3.63, 3.8) is 0 Å². The van der Waals surface area contributed by atoms with Gasteiger partial charge in [0, 0.05) is 16.1 Å². The highest BCUT2D eigenvalue weighted by atomic mass is 127. The van der Waals surface area contributed by atoms with Gasteiger partial charge in [-0.3, -0.25) is 0 Å². The third kappa shape index (κ3) is 10.1. The van der Waals surface area contributed by atoms with Crippen molar-refractivity contribution in [1.82, 2.24) is 0 Å². The van der Waals surface area contributed by atoms with Crippen LogP contribution in [0.15, 0.2) is 60.7 Å². The molecule has 188 valence electrons. The van der Waals surface area contributed by atoms with Crippen molar-refractivity contribution >= 4 is 74.7 Å². The van der Waals surface area contributed by atoms with Gasteiger partial charge in [0.1, 0.15) is 5.75 Å². The predicted molar refractivity (Wildman–Crippen MR) is 153 cm³/mol. The number of aryl methyl sites for hydroxylation is 1. The average Bonchev–Trinajstić information content (AvgIpc) is 2.86. The fourth-order valence-electron chi connectivity index (χ4n) is 2.71. The van der Waals surface area contributed by atoms with E-state index in [-0.39, 0.29) is 6.79 Å². The number of para-hydroxylation sites is 1. The summed E-state index contributed by atoms with van der Waals surface area (Å²) in [7, 11) is 0. The van der Waals surface area contributed by atoms with E-state index in [1.54, 1.807) is 30.3 Å². The van der Waals surface area contributed by atoms with Crippen LogP contribution in [0.5, 0.6) is 5.75 Å². The highest BCUT2D eigenvalue weighted by Gasteiger charge is 2.15. The molecule has 9 heteroatoms. The van der Waals surface area contributed by atoms with Gasteiger partial charge in [-0.15, -0.1) is 11.6 Å². The van der Waals surface area contributed by atoms with Crippen LogP contribution in [0.1, 0.15) is 29.3 Å². The molecule has 0 radical (unpaired) electrons. The lowest BCUT2D eigenvalue weighted by atomic mass is 10.1. The molecule has 0 aliphatic carbocycles. The first-order chi connectivity index (χ1) is 16.9. The lowest BCUT2D eigenvalue weighted by Crippen LogP contribution is -2.11. The largest absolute Gasteiger partial charge is 0.494 e. The zero-order valence-corrected chi connectivity index (χ0v) is 23.9. The van der Waals surface area contributed by atoms with Crippen molar-refractivity contribution in [2.75, 3.05) is 31.2 Å². The van der Waals surface area contributed by atoms with Gasteiger partial charge >= 0.3 is 5.97 Å². The van der Waals surface area contributed by atoms with Gasteiger partial charge in [0.2, 0.25) is 0 Å². The molecule has 0 spiro atoms. The minimum absolute atomic E-state index is 0.0877. The number of ether oxygens (including phenoxy) is 3. The fraction of sp³-hybridized carbons (Fsp3) is 0.269. The smallest absolute Gasteiger partial charge is 0.342 e. The standard InChI is InChI=1S/C17H17Cl2NO3.C9H10ClIO/c1-3-22-10-23-17(21)12-6-4-5-7-14(12)20-16-13(18)9-8-11(2)15(16)19;10-6-1-7-12-9-4-2-8(11)3-5-9/h4-9,20H,3,10H2,1-2H3;2-5H,1,6-7H2. The SMILES string of the molecule is CCOCOC(=O)c1ccccc1Nc1c(Cl)ccc(C)c1Cl.ClCCCOc1ccc(I)cc1. The summed E-state index contributed by atoms with van der Waals surface area (Å²) >= 11 is 20.3. The number of carbonyl (C=O) groups excluding carboxylic acids is 1. The summed E-state index contributed by atoms with van der Waals surface area (Å²) < 4.78 is 16.7. The Morgan fingerprint density at radius 1 is 1.03 bits per heavy atom. The number of rotatable bonds is 10. The number of anilines is 2. The molecule has 3 aromatic carbocycles. The van der Waals surface area contributed by atoms with Crippen molar-refractivity contribution in [2.45, 2.75) is 20.3 Å². The minimum atomic E-state index is -0.485. The molecule has 3 rings (SSSR count). The summed E-state index contributed by atoms with van der Waals surface area (Å²) in [5, 5.41) is 4.10. The molecule has 0 atom stereocenters. The summed E-state index contributed by atoms with van der Waals surface area (Å²) in [4.78, 5) is 12.2. The zero-order valence-electron chi connectivity index (χ0n) is 19.5. The van der Waals surface area contributed by atoms with E-state index in [1.165, 1.54) is 3.57 Å². The highest BCUT2D eigenvalue weighted by Crippen LogP contribution is 2.36. The van der Waals surface area contributed by atoms with Crippen LogP contribution >= 0.6 is 57.4 Å². The van der Waals surface area contributed by atoms with E-state index in [4.69, 9.17) is 49.0 Å². The topological polar surface area (TPSA) is 56.8 Å². The number of carbonyl (C=O) groups is 1. The Kier molecular flexibility index (Phi) is 13.6. The second kappa shape index (κ2) is 16.1. The fourth-order valence-corrected chi connectivity index (χ4v) is 3.64. The van der Waals surface area contributed by atoms with Crippen molar-refractivity contribution < 1.29 is 19.0 Å². The Morgan fingerprint density at radius 2 is 1.74 bits per heavy atom. The van der Waals surface area contributed by atoms with E-state index in [1.807, 2.05) is 44.2 Å². The lowest BCUT2D eigenvalue weighted by Gasteiger charge is -2.15. The van der Waals surface area contributed by atoms with E-state index in [9.17, 15) is 4.79 Å². The molecule has 0 saturated carbocycles. The van der Waals surface area contributed by atoms with Gasteiger partial charge in [-0.1, -0.05) is 41.4 Å². The first-order valence-corrected chi connectivity index (χ1v) is 13.2. The summed E-state index contributed by atoms with van der Waals surface area (Å²) in [6.07, 6.45) is 0.896. The molecule has 0 amide bonds. The third-order valence-corrected chi connectivity index (χ3v) is 6.32. The molecule has 0 unspecified atom stereocenters. The molecule has 0 bridgehead atoms. The van der Waals surface area contributed by atoms with Gasteiger partial charge in [-0.05, 0) is 90.9 Å². The first-order valence-electron chi connectivity index (χ1n) is 10.9. The molecule has 0 aliphatic rings. The van der Waals surface area contributed by atoms with Crippen molar-refractivity contribution in [2.24, 2.45) is 0 Å². The summed E-state index contributed by atoms with van der Waals surface area (Å²) in [5.74, 6) is 1.09. The van der Waals surface area contributed by atoms with Gasteiger partial charge in [0.15, 0.2) is 6.79 Å². The van der Waals surface area contributed by atoms with Gasteiger partial charge in [-0.2, -0.15) is 0 Å². The predicted octanol–water partition coefficient (Wildman–Crippen LogP) is 8.50. The molecule has 0 aliphatic heterocycles. The number of hydrogen-bond donors (Lipinski definition) is 1. The molecular weight excluding hydrogens is 624 g/mol. The molecule has 3 aromatic rings. The van der Waals surface area contributed by atoms with Crippen LogP contribution in [-0.4, -0.2) is 31.9 Å². The Balaban J connectivity index is 0.000000303. The third-order valence-electron chi connectivity index (χ3n) is 4.53. The summed E-state index contributed by atoms with van der Waals surface area (Å²) in [6.45, 7) is 4.79. The lowest BCUT2D eigenvalue weighted by molar-refractivity contribution is -0.0273. The molecule has 0 saturated heterocycles. The maximum Gasteiger partial charge on any atom is 0.342 e. The van der Waals surface area contributed by atoms with Crippen LogP contribution in [0, 0.1) is 10.5 Å². The number of hydrogen-bond acceptors (Lipinski definition) is 5. The van der Waals surface area contributed by atoms with Crippen LogP contribution in [0.4, 0.5) is 11.4 Å². The quantitative estimate of drug-likeness (QED) is 0.0784. The minimum Gasteiger partial charge on any atom is -0.494 e. The van der Waals surface area contributed by atoms with Crippen LogP contribution < -0.4 is 10.1 Å². The number of halogens is 4. The molecule has 0 aromatic heterocycles. The van der Waals surface area contributed by atoms with E-state index < -0.39 is 5.97 Å². The van der Waals surface area contributed by atoms with Crippen LogP contribution in [0.25, 0.3) is 0 Å². The first kappa shape index (κ1) is 29.5. The highest BCUT2D eigenvalue weighted by molar-refractivity contribution is 14.1. The number of benzene rings is 3. The molecule has 1 N–H and O–H groups in total. The maximum absolute atomic E-state index is 12.2. The normalized spacial score (nSPS) is 10.2. The molecule has 0 fully saturated rings. The Labute approximate surface area is 235 Å². The maximum atomic E-state index is 12.2. The van der Waals surface area contributed by atoms with Gasteiger partial charge < -0.3 is 19.5 Å². The van der Waals surface area contributed by atoms with Crippen LogP contribution in [-0.2, 0) is 9.47 Å². The summed E-state index contributed by atoms with van der Waals surface area (Å²) in [5.41, 5.74) is 2.37. The van der Waals surface area contributed by atoms with E-state index in [0.29, 0.717) is 46.1 Å². The number of nitrogens with one attached hydrogen (secondary N) is 1. The summed E-state index contributed by atoms with van der Waals surface area (Å²) in [6, 6.07) is 18.5. The number of alkyl halides is 1. The van der Waals surface area contributed by atoms with Crippen molar-refractivity contribution in [3.05, 3.63) is 85.4 Å². The Hall–Kier alpha value is -1.71.